The van der Waals surface area contributed by atoms with E-state index in [1.807, 2.05) is 66.7 Å². The van der Waals surface area contributed by atoms with Crippen LogP contribution < -0.4 is 10.9 Å². The van der Waals surface area contributed by atoms with Crippen molar-refractivity contribution in [3.8, 4) is 6.07 Å². The number of allylic oxidation sites excluding steroid dienone is 1. The van der Waals surface area contributed by atoms with Crippen molar-refractivity contribution in [2.75, 3.05) is 0 Å². The minimum Gasteiger partial charge on any atom is -0.386 e. The number of halogens is 2. The maximum Gasteiger partial charge on any atom is 0.262 e. The van der Waals surface area contributed by atoms with E-state index < -0.39 is 0 Å². The third-order valence-electron chi connectivity index (χ3n) is 4.92. The molecule has 1 heterocycles. The Morgan fingerprint density at radius 1 is 1.03 bits per heavy atom. The van der Waals surface area contributed by atoms with Gasteiger partial charge in [-0.2, -0.15) is 5.26 Å². The molecule has 0 aliphatic heterocycles. The summed E-state index contributed by atoms with van der Waals surface area (Å²) in [6.45, 7) is 0.860. The molecule has 0 aliphatic carbocycles. The Hall–Kier alpha value is -3.21. The van der Waals surface area contributed by atoms with Crippen molar-refractivity contribution in [1.29, 1.82) is 5.26 Å². The number of rotatable bonds is 6. The summed E-state index contributed by atoms with van der Waals surface area (Å²) >= 11 is 6.95. The lowest BCUT2D eigenvalue weighted by Crippen LogP contribution is -2.26. The van der Waals surface area contributed by atoms with E-state index in [9.17, 15) is 10.1 Å². The Morgan fingerprint density at radius 3 is 2.34 bits per heavy atom. The van der Waals surface area contributed by atoms with Gasteiger partial charge < -0.3 is 5.32 Å². The molecule has 0 spiro atoms. The topological polar surface area (TPSA) is 70.7 Å². The van der Waals surface area contributed by atoms with Crippen molar-refractivity contribution in [3.63, 3.8) is 0 Å². The van der Waals surface area contributed by atoms with E-state index in [1.165, 1.54) is 0 Å². The van der Waals surface area contributed by atoms with Crippen LogP contribution in [0.25, 0.3) is 16.5 Å². The minimum absolute atomic E-state index is 0.208. The van der Waals surface area contributed by atoms with Crippen LogP contribution in [0.4, 0.5) is 0 Å². The predicted molar refractivity (Wildman–Crippen MR) is 134 cm³/mol. The number of fused-ring (bicyclic) bond motifs is 1. The maximum absolute atomic E-state index is 13.5. The van der Waals surface area contributed by atoms with Gasteiger partial charge in [0.2, 0.25) is 0 Å². The fraction of sp³-hybridized carbons (Fsp3) is 0.0800. The Bertz CT molecular complexity index is 1390. The summed E-state index contributed by atoms with van der Waals surface area (Å²) in [7, 11) is 0. The molecule has 1 aromatic heterocycles. The first-order valence-corrected chi connectivity index (χ1v) is 11.5. The number of nitrogens with zero attached hydrogens (tertiary/aromatic N) is 3. The summed E-state index contributed by atoms with van der Waals surface area (Å²) in [6.07, 6.45) is 1.62. The van der Waals surface area contributed by atoms with Gasteiger partial charge in [0.15, 0.2) is 5.82 Å². The molecule has 0 atom stereocenters. The zero-order valence-corrected chi connectivity index (χ0v) is 20.1. The van der Waals surface area contributed by atoms with Crippen LogP contribution >= 0.6 is 31.9 Å². The van der Waals surface area contributed by atoms with E-state index in [0.29, 0.717) is 34.3 Å². The van der Waals surface area contributed by atoms with Crippen molar-refractivity contribution in [1.82, 2.24) is 14.9 Å². The van der Waals surface area contributed by atoms with Gasteiger partial charge in [-0.05, 0) is 39.2 Å². The van der Waals surface area contributed by atoms with Crippen molar-refractivity contribution >= 4 is 48.3 Å². The smallest absolute Gasteiger partial charge is 0.262 e. The van der Waals surface area contributed by atoms with Crippen LogP contribution in [0.1, 0.15) is 17.0 Å². The molecule has 1 N–H and O–H groups in total. The lowest BCUT2D eigenvalue weighted by atomic mass is 10.1. The Morgan fingerprint density at radius 2 is 1.69 bits per heavy atom. The number of hydrogen-bond acceptors (Lipinski definition) is 4. The molecule has 0 saturated heterocycles. The Labute approximate surface area is 202 Å². The zero-order valence-electron chi connectivity index (χ0n) is 16.9. The average molecular weight is 550 g/mol. The predicted octanol–water partition coefficient (Wildman–Crippen LogP) is 5.62. The van der Waals surface area contributed by atoms with Crippen molar-refractivity contribution < 1.29 is 0 Å². The van der Waals surface area contributed by atoms with Gasteiger partial charge >= 0.3 is 0 Å². The second-order valence-corrected chi connectivity index (χ2v) is 8.90. The van der Waals surface area contributed by atoms with Gasteiger partial charge in [0.25, 0.3) is 5.56 Å². The van der Waals surface area contributed by atoms with Crippen LogP contribution in [0.3, 0.4) is 0 Å². The van der Waals surface area contributed by atoms with E-state index in [2.05, 4.69) is 43.2 Å². The maximum atomic E-state index is 13.5. The molecule has 0 unspecified atom stereocenters. The number of nitrogens with one attached hydrogen (secondary N) is 1. The average Bonchev–Trinajstić information content (AvgIpc) is 2.80. The SMILES string of the molecule is N#C/C(=C\NCc1ccccc1)c1nc2c(Br)cc(Br)cc2c(=O)n1Cc1ccccc1. The van der Waals surface area contributed by atoms with E-state index in [-0.39, 0.29) is 11.1 Å². The highest BCUT2D eigenvalue weighted by Crippen LogP contribution is 2.27. The minimum atomic E-state index is -0.208. The Balaban J connectivity index is 1.83. The first-order chi connectivity index (χ1) is 15.6. The molecule has 0 bridgehead atoms. The molecule has 158 valence electrons. The third kappa shape index (κ3) is 4.82. The van der Waals surface area contributed by atoms with Gasteiger partial charge in [-0.15, -0.1) is 0 Å². The number of nitriles is 1. The summed E-state index contributed by atoms with van der Waals surface area (Å²) in [5.74, 6) is 0.317. The first kappa shape index (κ1) is 22.0. The molecule has 0 radical (unpaired) electrons. The number of aromatic nitrogens is 2. The lowest BCUT2D eigenvalue weighted by Gasteiger charge is -2.14. The molecule has 0 saturated carbocycles. The summed E-state index contributed by atoms with van der Waals surface area (Å²) in [5, 5.41) is 13.6. The molecular formula is C25H18Br2N4O. The van der Waals surface area contributed by atoms with Crippen molar-refractivity contribution in [2.45, 2.75) is 13.1 Å². The van der Waals surface area contributed by atoms with E-state index in [1.54, 1.807) is 16.8 Å². The van der Waals surface area contributed by atoms with Gasteiger partial charge in [-0.25, -0.2) is 4.98 Å². The second-order valence-electron chi connectivity index (χ2n) is 7.13. The first-order valence-electron chi connectivity index (χ1n) is 9.88. The van der Waals surface area contributed by atoms with Crippen LogP contribution in [-0.4, -0.2) is 9.55 Å². The van der Waals surface area contributed by atoms with Crippen LogP contribution in [0, 0.1) is 11.3 Å². The molecule has 32 heavy (non-hydrogen) atoms. The Kier molecular flexibility index (Phi) is 6.84. The van der Waals surface area contributed by atoms with Crippen LogP contribution in [0.5, 0.6) is 0 Å². The summed E-state index contributed by atoms with van der Waals surface area (Å²) < 4.78 is 3.01. The highest BCUT2D eigenvalue weighted by atomic mass is 79.9. The molecule has 4 rings (SSSR count). The molecule has 5 nitrogen and oxygen atoms in total. The van der Waals surface area contributed by atoms with Gasteiger partial charge in [0.05, 0.1) is 17.4 Å². The summed E-state index contributed by atoms with van der Waals surface area (Å²) in [5.41, 5.74) is 2.62. The number of benzene rings is 3. The molecule has 7 heteroatoms. The van der Waals surface area contributed by atoms with Gasteiger partial charge in [0.1, 0.15) is 11.6 Å². The normalized spacial score (nSPS) is 11.3. The van der Waals surface area contributed by atoms with E-state index in [4.69, 9.17) is 4.98 Å². The van der Waals surface area contributed by atoms with Crippen molar-refractivity contribution in [2.24, 2.45) is 0 Å². The van der Waals surface area contributed by atoms with Crippen LogP contribution in [-0.2, 0) is 13.1 Å². The fourth-order valence-corrected chi connectivity index (χ4v) is 4.70. The molecule has 3 aromatic carbocycles. The lowest BCUT2D eigenvalue weighted by molar-refractivity contribution is 0.733. The van der Waals surface area contributed by atoms with Gasteiger partial charge in [-0.1, -0.05) is 76.6 Å². The highest BCUT2D eigenvalue weighted by Gasteiger charge is 2.17. The quantitative estimate of drug-likeness (QED) is 0.317. The summed E-state index contributed by atoms with van der Waals surface area (Å²) in [6, 6.07) is 25.3. The van der Waals surface area contributed by atoms with Crippen LogP contribution in [0.2, 0.25) is 0 Å². The number of hydrogen-bond donors (Lipinski definition) is 1. The molecule has 0 fully saturated rings. The van der Waals surface area contributed by atoms with E-state index >= 15 is 0 Å². The molecular weight excluding hydrogens is 532 g/mol. The molecule has 0 aliphatic rings. The van der Waals surface area contributed by atoms with Crippen molar-refractivity contribution in [3.05, 3.63) is 115 Å². The molecule has 0 amide bonds. The standard InChI is InChI=1S/C25H18Br2N4O/c26-20-11-21-23(22(27)12-20)30-24(31(25(21)32)16-18-9-5-2-6-10-18)19(13-28)15-29-14-17-7-3-1-4-8-17/h1-12,15,29H,14,16H2/b19-15+. The fourth-order valence-electron chi connectivity index (χ4n) is 3.38. The van der Waals surface area contributed by atoms with Gasteiger partial charge in [-0.3, -0.25) is 9.36 Å². The highest BCUT2D eigenvalue weighted by molar-refractivity contribution is 9.11. The monoisotopic (exact) mass is 548 g/mol. The molecule has 4 aromatic rings. The third-order valence-corrected chi connectivity index (χ3v) is 5.98. The van der Waals surface area contributed by atoms with Gasteiger partial charge in [0, 0.05) is 21.7 Å². The van der Waals surface area contributed by atoms with Crippen LogP contribution in [0.15, 0.2) is 92.7 Å². The van der Waals surface area contributed by atoms with E-state index in [0.717, 1.165) is 15.6 Å². The largest absolute Gasteiger partial charge is 0.386 e. The second kappa shape index (κ2) is 9.94. The summed E-state index contributed by atoms with van der Waals surface area (Å²) in [4.78, 5) is 18.2. The zero-order chi connectivity index (χ0) is 22.5.